The van der Waals surface area contributed by atoms with Crippen LogP contribution in [0, 0.1) is 6.92 Å². The molecule has 1 aliphatic rings. The molecule has 0 saturated carbocycles. The van der Waals surface area contributed by atoms with Crippen LogP contribution in [0.25, 0.3) is 10.9 Å². The number of benzene rings is 1. The molecule has 0 amide bonds. The first-order valence-corrected chi connectivity index (χ1v) is 7.66. The second-order valence-corrected chi connectivity index (χ2v) is 5.44. The average Bonchev–Trinajstić information content (AvgIpc) is 2.99. The summed E-state index contributed by atoms with van der Waals surface area (Å²) >= 11 is 0. The zero-order chi connectivity index (χ0) is 14.7. The van der Waals surface area contributed by atoms with Crippen LogP contribution in [0.2, 0.25) is 0 Å². The Hall–Kier alpha value is -1.81. The molecule has 0 spiro atoms. The quantitative estimate of drug-likeness (QED) is 0.913. The van der Waals surface area contributed by atoms with Crippen molar-refractivity contribution in [3.63, 3.8) is 0 Å². The van der Waals surface area contributed by atoms with Gasteiger partial charge in [0, 0.05) is 29.9 Å². The molecular formula is C17H22N2O2. The summed E-state index contributed by atoms with van der Waals surface area (Å²) < 4.78 is 11.3. The third-order valence-electron chi connectivity index (χ3n) is 3.76. The maximum Gasteiger partial charge on any atom is 0.120 e. The lowest BCUT2D eigenvalue weighted by Crippen LogP contribution is -2.18. The highest BCUT2D eigenvalue weighted by Gasteiger charge is 2.15. The van der Waals surface area contributed by atoms with Crippen molar-refractivity contribution in [2.24, 2.45) is 0 Å². The molecule has 21 heavy (non-hydrogen) atoms. The van der Waals surface area contributed by atoms with E-state index in [4.69, 9.17) is 9.47 Å². The third kappa shape index (κ3) is 3.27. The van der Waals surface area contributed by atoms with Crippen molar-refractivity contribution < 1.29 is 9.47 Å². The van der Waals surface area contributed by atoms with Crippen molar-refractivity contribution in [2.75, 3.05) is 25.1 Å². The molecule has 1 saturated heterocycles. The summed E-state index contributed by atoms with van der Waals surface area (Å²) in [5.74, 6) is 0.885. The Morgan fingerprint density at radius 1 is 1.38 bits per heavy atom. The minimum absolute atomic E-state index is 0.323. The van der Waals surface area contributed by atoms with Gasteiger partial charge in [0.15, 0.2) is 0 Å². The Balaban J connectivity index is 1.88. The second-order valence-electron chi connectivity index (χ2n) is 5.44. The molecule has 1 aromatic carbocycles. The highest BCUT2D eigenvalue weighted by Crippen LogP contribution is 2.27. The smallest absolute Gasteiger partial charge is 0.120 e. The van der Waals surface area contributed by atoms with Gasteiger partial charge in [-0.25, -0.2) is 0 Å². The number of nitrogens with one attached hydrogen (secondary N) is 1. The molecule has 4 heteroatoms. The number of nitrogens with zero attached hydrogens (tertiary/aromatic N) is 1. The van der Waals surface area contributed by atoms with Crippen LogP contribution in [-0.4, -0.2) is 30.8 Å². The molecule has 4 nitrogen and oxygen atoms in total. The van der Waals surface area contributed by atoms with Crippen LogP contribution in [0.5, 0.6) is 5.75 Å². The lowest BCUT2D eigenvalue weighted by molar-refractivity contribution is 0.120. The molecule has 1 fully saturated rings. The molecular weight excluding hydrogens is 264 g/mol. The first-order valence-electron chi connectivity index (χ1n) is 7.66. The number of ether oxygens (including phenoxy) is 2. The summed E-state index contributed by atoms with van der Waals surface area (Å²) in [6, 6.07) is 8.14. The molecule has 1 atom stereocenters. The fourth-order valence-electron chi connectivity index (χ4n) is 2.77. The summed E-state index contributed by atoms with van der Waals surface area (Å²) in [4.78, 5) is 4.59. The summed E-state index contributed by atoms with van der Waals surface area (Å²) in [6.45, 7) is 6.42. The number of anilines is 1. The van der Waals surface area contributed by atoms with E-state index in [0.29, 0.717) is 12.7 Å². The number of pyridine rings is 1. The molecule has 112 valence electrons. The van der Waals surface area contributed by atoms with Crippen molar-refractivity contribution in [1.29, 1.82) is 0 Å². The standard InChI is InChI=1S/C17H22N2O2/c1-3-20-13-6-7-16-15(10-13)17(9-12(2)19-16)18-11-14-5-4-8-21-14/h6-7,9-10,14H,3-5,8,11H2,1-2H3,(H,18,19). The van der Waals surface area contributed by atoms with Gasteiger partial charge >= 0.3 is 0 Å². The molecule has 1 aromatic heterocycles. The average molecular weight is 286 g/mol. The van der Waals surface area contributed by atoms with Crippen LogP contribution < -0.4 is 10.1 Å². The van der Waals surface area contributed by atoms with Gasteiger partial charge in [-0.2, -0.15) is 0 Å². The molecule has 0 bridgehead atoms. The van der Waals surface area contributed by atoms with Gasteiger partial charge in [-0.15, -0.1) is 0 Å². The minimum atomic E-state index is 0.323. The fourth-order valence-corrected chi connectivity index (χ4v) is 2.77. The largest absolute Gasteiger partial charge is 0.494 e. The normalized spacial score (nSPS) is 18.1. The van der Waals surface area contributed by atoms with Crippen molar-refractivity contribution in [1.82, 2.24) is 4.98 Å². The Morgan fingerprint density at radius 3 is 3.05 bits per heavy atom. The molecule has 0 radical (unpaired) electrons. The molecule has 1 aliphatic heterocycles. The number of fused-ring (bicyclic) bond motifs is 1. The van der Waals surface area contributed by atoms with Crippen LogP contribution >= 0.6 is 0 Å². The summed E-state index contributed by atoms with van der Waals surface area (Å²) in [7, 11) is 0. The van der Waals surface area contributed by atoms with Crippen molar-refractivity contribution in [2.45, 2.75) is 32.8 Å². The molecule has 0 aliphatic carbocycles. The van der Waals surface area contributed by atoms with Crippen molar-refractivity contribution in [3.05, 3.63) is 30.0 Å². The zero-order valence-corrected chi connectivity index (χ0v) is 12.7. The SMILES string of the molecule is CCOc1ccc2nc(C)cc(NCC3CCCO3)c2c1. The molecule has 2 aromatic rings. The Kier molecular flexibility index (Phi) is 4.25. The lowest BCUT2D eigenvalue weighted by atomic mass is 10.1. The molecule has 2 heterocycles. The van der Waals surface area contributed by atoms with E-state index >= 15 is 0 Å². The Bertz CT molecular complexity index is 621. The topological polar surface area (TPSA) is 43.4 Å². The van der Waals surface area contributed by atoms with E-state index in [0.717, 1.165) is 54.0 Å². The van der Waals surface area contributed by atoms with Gasteiger partial charge in [0.2, 0.25) is 0 Å². The number of hydrogen-bond donors (Lipinski definition) is 1. The van der Waals surface area contributed by atoms with Gasteiger partial charge in [0.05, 0.1) is 18.2 Å². The highest BCUT2D eigenvalue weighted by molar-refractivity contribution is 5.92. The number of rotatable bonds is 5. The predicted molar refractivity (Wildman–Crippen MR) is 85.1 cm³/mol. The first-order chi connectivity index (χ1) is 10.3. The van der Waals surface area contributed by atoms with E-state index in [1.54, 1.807) is 0 Å². The first kappa shape index (κ1) is 14.1. The van der Waals surface area contributed by atoms with Crippen molar-refractivity contribution in [3.8, 4) is 5.75 Å². The van der Waals surface area contributed by atoms with Gasteiger partial charge in [0.25, 0.3) is 0 Å². The van der Waals surface area contributed by atoms with Gasteiger partial charge in [-0.05, 0) is 51.0 Å². The van der Waals surface area contributed by atoms with Gasteiger partial charge < -0.3 is 14.8 Å². The van der Waals surface area contributed by atoms with Crippen LogP contribution in [-0.2, 0) is 4.74 Å². The lowest BCUT2D eigenvalue weighted by Gasteiger charge is -2.15. The van der Waals surface area contributed by atoms with Gasteiger partial charge in [-0.1, -0.05) is 0 Å². The minimum Gasteiger partial charge on any atom is -0.494 e. The van der Waals surface area contributed by atoms with Crippen LogP contribution in [0.3, 0.4) is 0 Å². The Morgan fingerprint density at radius 2 is 2.29 bits per heavy atom. The molecule has 1 unspecified atom stereocenters. The summed E-state index contributed by atoms with van der Waals surface area (Å²) in [6.07, 6.45) is 2.62. The summed E-state index contributed by atoms with van der Waals surface area (Å²) in [5, 5.41) is 4.62. The molecule has 3 rings (SSSR count). The van der Waals surface area contributed by atoms with Crippen molar-refractivity contribution >= 4 is 16.6 Å². The molecule has 1 N–H and O–H groups in total. The van der Waals surface area contributed by atoms with E-state index in [-0.39, 0.29) is 0 Å². The van der Waals surface area contributed by atoms with E-state index < -0.39 is 0 Å². The maximum atomic E-state index is 5.68. The fraction of sp³-hybridized carbons (Fsp3) is 0.471. The van der Waals surface area contributed by atoms with E-state index in [9.17, 15) is 0 Å². The van der Waals surface area contributed by atoms with E-state index in [1.165, 1.54) is 0 Å². The zero-order valence-electron chi connectivity index (χ0n) is 12.7. The Labute approximate surface area is 125 Å². The number of hydrogen-bond acceptors (Lipinski definition) is 4. The second kappa shape index (κ2) is 6.31. The van der Waals surface area contributed by atoms with Crippen LogP contribution in [0.4, 0.5) is 5.69 Å². The van der Waals surface area contributed by atoms with Crippen LogP contribution in [0.1, 0.15) is 25.5 Å². The maximum absolute atomic E-state index is 5.68. The van der Waals surface area contributed by atoms with E-state index in [2.05, 4.69) is 22.4 Å². The monoisotopic (exact) mass is 286 g/mol. The van der Waals surface area contributed by atoms with Gasteiger partial charge in [0.1, 0.15) is 5.75 Å². The summed E-state index contributed by atoms with van der Waals surface area (Å²) in [5.41, 5.74) is 3.12. The predicted octanol–water partition coefficient (Wildman–Crippen LogP) is 3.53. The van der Waals surface area contributed by atoms with E-state index in [1.807, 2.05) is 26.0 Å². The number of aryl methyl sites for hydroxylation is 1. The van der Waals surface area contributed by atoms with Crippen LogP contribution in [0.15, 0.2) is 24.3 Å². The van der Waals surface area contributed by atoms with Gasteiger partial charge in [-0.3, -0.25) is 4.98 Å². The highest BCUT2D eigenvalue weighted by atomic mass is 16.5. The third-order valence-corrected chi connectivity index (χ3v) is 3.76. The number of aromatic nitrogens is 1.